The number of fused-ring (bicyclic) bond motifs is 5. The first-order valence-corrected chi connectivity index (χ1v) is 14.2. The molecule has 4 fully saturated rings. The molecule has 4 aliphatic rings. The minimum absolute atomic E-state index is 0.663. The van der Waals surface area contributed by atoms with Crippen LogP contribution in [0.15, 0.2) is 0 Å². The summed E-state index contributed by atoms with van der Waals surface area (Å²) in [5, 5.41) is 0. The van der Waals surface area contributed by atoms with Crippen LogP contribution in [0.25, 0.3) is 0 Å². The molecule has 0 aromatic rings. The van der Waals surface area contributed by atoms with Gasteiger partial charge in [-0.25, -0.2) is 0 Å². The van der Waals surface area contributed by atoms with E-state index in [4.69, 9.17) is 0 Å². The summed E-state index contributed by atoms with van der Waals surface area (Å²) >= 11 is 0. The maximum Gasteiger partial charge on any atom is -0.0264 e. The molecule has 0 radical (unpaired) electrons. The quantitative estimate of drug-likeness (QED) is 0.406. The van der Waals surface area contributed by atoms with E-state index in [2.05, 4.69) is 48.5 Å². The fourth-order valence-corrected chi connectivity index (χ4v) is 9.92. The molecule has 4 aliphatic carbocycles. The van der Waals surface area contributed by atoms with Crippen LogP contribution in [0.4, 0.5) is 0 Å². The third-order valence-corrected chi connectivity index (χ3v) is 11.9. The van der Waals surface area contributed by atoms with E-state index in [1.807, 2.05) is 0 Å². The molecule has 4 saturated carbocycles. The lowest BCUT2D eigenvalue weighted by Crippen LogP contribution is -2.54. The average molecular weight is 415 g/mol. The molecule has 0 heteroatoms. The Balaban J connectivity index is 1.45. The normalized spacial score (nSPS) is 47.1. The predicted octanol–water partition coefficient (Wildman–Crippen LogP) is 9.38. The summed E-state index contributed by atoms with van der Waals surface area (Å²) in [5.41, 5.74) is 1.34. The van der Waals surface area contributed by atoms with Crippen molar-refractivity contribution in [2.45, 2.75) is 126 Å². The molecule has 30 heavy (non-hydrogen) atoms. The third-order valence-electron chi connectivity index (χ3n) is 11.9. The predicted molar refractivity (Wildman–Crippen MR) is 131 cm³/mol. The lowest BCUT2D eigenvalue weighted by molar-refractivity contribution is -0.123. The molecule has 0 spiro atoms. The first-order valence-electron chi connectivity index (χ1n) is 14.2. The van der Waals surface area contributed by atoms with E-state index in [1.165, 1.54) is 25.7 Å². The summed E-state index contributed by atoms with van der Waals surface area (Å²) in [4.78, 5) is 0. The van der Waals surface area contributed by atoms with Crippen molar-refractivity contribution >= 4 is 0 Å². The van der Waals surface area contributed by atoms with Crippen LogP contribution >= 0.6 is 0 Å². The molecule has 0 aliphatic heterocycles. The van der Waals surface area contributed by atoms with Gasteiger partial charge in [-0.3, -0.25) is 0 Å². The van der Waals surface area contributed by atoms with Crippen molar-refractivity contribution < 1.29 is 0 Å². The second kappa shape index (κ2) is 8.74. The maximum absolute atomic E-state index is 2.76. The summed E-state index contributed by atoms with van der Waals surface area (Å²) in [6, 6.07) is 0. The summed E-state index contributed by atoms with van der Waals surface area (Å²) in [6.45, 7) is 17.9. The fourth-order valence-electron chi connectivity index (χ4n) is 9.92. The van der Waals surface area contributed by atoms with Gasteiger partial charge in [0.2, 0.25) is 0 Å². The molecule has 9 atom stereocenters. The average Bonchev–Trinajstić information content (AvgIpc) is 3.04. The smallest absolute Gasteiger partial charge is 0.0264 e. The van der Waals surface area contributed by atoms with Crippen LogP contribution in [-0.2, 0) is 0 Å². The van der Waals surface area contributed by atoms with Crippen molar-refractivity contribution in [2.75, 3.05) is 0 Å². The second-order valence-electron chi connectivity index (χ2n) is 14.0. The zero-order valence-electron chi connectivity index (χ0n) is 21.7. The van der Waals surface area contributed by atoms with Gasteiger partial charge in [0.15, 0.2) is 0 Å². The zero-order chi connectivity index (χ0) is 21.7. The van der Waals surface area contributed by atoms with Crippen molar-refractivity contribution in [1.82, 2.24) is 0 Å². The lowest BCUT2D eigenvalue weighted by atomic mass is 9.43. The largest absolute Gasteiger partial charge is 0.0628 e. The van der Waals surface area contributed by atoms with E-state index in [-0.39, 0.29) is 0 Å². The highest BCUT2D eigenvalue weighted by Crippen LogP contribution is 2.68. The minimum Gasteiger partial charge on any atom is -0.0628 e. The Morgan fingerprint density at radius 1 is 0.733 bits per heavy atom. The molecule has 0 heterocycles. The highest BCUT2D eigenvalue weighted by Gasteiger charge is 2.60. The van der Waals surface area contributed by atoms with Crippen LogP contribution in [0, 0.1) is 64.1 Å². The molecule has 174 valence electrons. The van der Waals surface area contributed by atoms with Gasteiger partial charge >= 0.3 is 0 Å². The highest BCUT2D eigenvalue weighted by atomic mass is 14.6. The monoisotopic (exact) mass is 414 g/mol. The van der Waals surface area contributed by atoms with Gasteiger partial charge < -0.3 is 0 Å². The summed E-state index contributed by atoms with van der Waals surface area (Å²) in [5.74, 6) is 8.95. The van der Waals surface area contributed by atoms with E-state index < -0.39 is 0 Å². The molecule has 0 saturated heterocycles. The van der Waals surface area contributed by atoms with E-state index >= 15 is 0 Å². The maximum atomic E-state index is 2.76. The first-order chi connectivity index (χ1) is 14.2. The molecule has 4 rings (SSSR count). The lowest BCUT2D eigenvalue weighted by Gasteiger charge is -2.61. The van der Waals surface area contributed by atoms with E-state index in [0.717, 1.165) is 53.3 Å². The highest BCUT2D eigenvalue weighted by molar-refractivity contribution is 5.09. The molecule has 0 amide bonds. The van der Waals surface area contributed by atoms with Crippen molar-refractivity contribution in [2.24, 2.45) is 64.1 Å². The first kappa shape index (κ1) is 23.2. The van der Waals surface area contributed by atoms with Gasteiger partial charge in [0, 0.05) is 0 Å². The standard InChI is InChI=1S/C30H54/c1-20(2)9-8-10-22(5)26-13-14-27-25-12-11-24-19-23(21(3)4)15-17-29(24,6)28(25)16-18-30(26,27)7/h20-28H,8-19H2,1-7H3/t22-,23+,24+,25+,26-,27+,28+,29+,30-/m1/s1. The van der Waals surface area contributed by atoms with Gasteiger partial charge in [-0.15, -0.1) is 0 Å². The summed E-state index contributed by atoms with van der Waals surface area (Å²) in [7, 11) is 0. The number of rotatable bonds is 6. The van der Waals surface area contributed by atoms with E-state index in [9.17, 15) is 0 Å². The van der Waals surface area contributed by atoms with Gasteiger partial charge in [-0.2, -0.15) is 0 Å². The molecule has 0 unspecified atom stereocenters. The van der Waals surface area contributed by atoms with Gasteiger partial charge in [0.05, 0.1) is 0 Å². The van der Waals surface area contributed by atoms with Gasteiger partial charge in [-0.05, 0) is 122 Å². The van der Waals surface area contributed by atoms with Gasteiger partial charge in [0.1, 0.15) is 0 Å². The second-order valence-corrected chi connectivity index (χ2v) is 14.0. The van der Waals surface area contributed by atoms with Gasteiger partial charge in [-0.1, -0.05) is 67.7 Å². The van der Waals surface area contributed by atoms with Crippen molar-refractivity contribution in [3.05, 3.63) is 0 Å². The van der Waals surface area contributed by atoms with Crippen molar-refractivity contribution in [3.8, 4) is 0 Å². The van der Waals surface area contributed by atoms with E-state index in [0.29, 0.717) is 10.8 Å². The zero-order valence-corrected chi connectivity index (χ0v) is 21.7. The van der Waals surface area contributed by atoms with Gasteiger partial charge in [0.25, 0.3) is 0 Å². The Kier molecular flexibility index (Phi) is 6.75. The van der Waals surface area contributed by atoms with Crippen molar-refractivity contribution in [3.63, 3.8) is 0 Å². The summed E-state index contributed by atoms with van der Waals surface area (Å²) < 4.78 is 0. The Hall–Kier alpha value is 0. The van der Waals surface area contributed by atoms with Crippen LogP contribution in [0.5, 0.6) is 0 Å². The molecule has 0 nitrogen and oxygen atoms in total. The van der Waals surface area contributed by atoms with Crippen LogP contribution in [0.2, 0.25) is 0 Å². The SMILES string of the molecule is CC(C)CCC[C@@H](C)[C@H]1CC[C@H]2[C@@H]3CC[C@H]4C[C@@H](C(C)C)CC[C@]4(C)[C@H]3CC[C@]12C. The molecule has 0 aromatic heterocycles. The topological polar surface area (TPSA) is 0 Å². The number of hydrogen-bond donors (Lipinski definition) is 0. The molecule has 0 bridgehead atoms. The Morgan fingerprint density at radius 2 is 1.43 bits per heavy atom. The van der Waals surface area contributed by atoms with Crippen LogP contribution in [-0.4, -0.2) is 0 Å². The van der Waals surface area contributed by atoms with Crippen LogP contribution in [0.1, 0.15) is 126 Å². The van der Waals surface area contributed by atoms with Crippen molar-refractivity contribution in [1.29, 1.82) is 0 Å². The molecule has 0 N–H and O–H groups in total. The molecule has 0 aromatic carbocycles. The van der Waals surface area contributed by atoms with Crippen LogP contribution < -0.4 is 0 Å². The van der Waals surface area contributed by atoms with Crippen LogP contribution in [0.3, 0.4) is 0 Å². The third kappa shape index (κ3) is 3.94. The Labute approximate surface area is 189 Å². The molecular formula is C30H54. The fraction of sp³-hybridized carbons (Fsp3) is 1.00. The minimum atomic E-state index is 0.663. The molecular weight excluding hydrogens is 360 g/mol. The Bertz CT molecular complexity index is 575. The summed E-state index contributed by atoms with van der Waals surface area (Å²) in [6.07, 6.45) is 18.3. The van der Waals surface area contributed by atoms with E-state index in [1.54, 1.807) is 51.4 Å². The Morgan fingerprint density at radius 3 is 2.13 bits per heavy atom. The number of hydrogen-bond acceptors (Lipinski definition) is 0.